The zero-order valence-electron chi connectivity index (χ0n) is 15.9. The van der Waals surface area contributed by atoms with Gasteiger partial charge in [0.1, 0.15) is 0 Å². The first-order valence-electron chi connectivity index (χ1n) is 9.19. The first-order valence-corrected chi connectivity index (χ1v) is 11.7. The number of rotatable bonds is 5. The van der Waals surface area contributed by atoms with Gasteiger partial charge in [0.25, 0.3) is 0 Å². The van der Waals surface area contributed by atoms with Gasteiger partial charge in [-0.25, -0.2) is 18.5 Å². The summed E-state index contributed by atoms with van der Waals surface area (Å²) in [6, 6.07) is 5.22. The zero-order valence-corrected chi connectivity index (χ0v) is 17.5. The van der Waals surface area contributed by atoms with E-state index in [1.807, 2.05) is 16.4 Å². The van der Waals surface area contributed by atoms with Crippen LogP contribution < -0.4 is 5.14 Å². The maximum atomic E-state index is 12.8. The van der Waals surface area contributed by atoms with E-state index < -0.39 is 10.0 Å². The molecule has 148 valence electrons. The highest BCUT2D eigenvalue weighted by Crippen LogP contribution is 2.28. The number of primary sulfonamides is 1. The minimum Gasteiger partial charge on any atom is -0.337 e. The molecule has 0 unspecified atom stereocenters. The minimum atomic E-state index is -3.77. The van der Waals surface area contributed by atoms with Gasteiger partial charge < -0.3 is 9.47 Å². The molecule has 9 heteroatoms. The van der Waals surface area contributed by atoms with Gasteiger partial charge in [0.05, 0.1) is 21.7 Å². The van der Waals surface area contributed by atoms with Crippen LogP contribution in [-0.2, 0) is 21.4 Å². The number of likely N-dealkylation sites (tertiary alicyclic amines) is 1. The van der Waals surface area contributed by atoms with E-state index in [1.54, 1.807) is 6.07 Å². The van der Waals surface area contributed by atoms with E-state index in [9.17, 15) is 13.2 Å². The summed E-state index contributed by atoms with van der Waals surface area (Å²) in [5.74, 6) is 0.444. The molecule has 0 bridgehead atoms. The van der Waals surface area contributed by atoms with Crippen molar-refractivity contribution in [2.45, 2.75) is 68.7 Å². The van der Waals surface area contributed by atoms with E-state index >= 15 is 0 Å². The van der Waals surface area contributed by atoms with E-state index in [2.05, 4.69) is 18.8 Å². The summed E-state index contributed by atoms with van der Waals surface area (Å²) in [5.41, 5.74) is 1.40. The average molecular weight is 411 g/mol. The number of aryl methyl sites for hydroxylation is 1. The van der Waals surface area contributed by atoms with Crippen molar-refractivity contribution < 1.29 is 13.2 Å². The van der Waals surface area contributed by atoms with Crippen LogP contribution in [-0.4, -0.2) is 46.6 Å². The van der Waals surface area contributed by atoms with Crippen LogP contribution in [0.5, 0.6) is 0 Å². The number of nitrogens with two attached hydrogens (primary N) is 1. The summed E-state index contributed by atoms with van der Waals surface area (Å²) in [6.07, 6.45) is 3.26. The van der Waals surface area contributed by atoms with Crippen molar-refractivity contribution in [2.75, 3.05) is 5.75 Å². The molecule has 1 aromatic heterocycles. The normalized spacial score (nSPS) is 21.0. The number of carbonyl (C=O) groups is 1. The predicted molar refractivity (Wildman–Crippen MR) is 107 cm³/mol. The molecule has 3 rings (SSSR count). The monoisotopic (exact) mass is 410 g/mol. The van der Waals surface area contributed by atoms with Gasteiger partial charge in [-0.15, -0.1) is 0 Å². The number of sulfonamides is 1. The summed E-state index contributed by atoms with van der Waals surface area (Å²) in [7, 11) is -3.77. The Labute approximate surface area is 164 Å². The van der Waals surface area contributed by atoms with Gasteiger partial charge in [0.2, 0.25) is 15.9 Å². The van der Waals surface area contributed by atoms with Crippen molar-refractivity contribution in [3.8, 4) is 0 Å². The van der Waals surface area contributed by atoms with Crippen LogP contribution in [0, 0.1) is 0 Å². The third-order valence-electron chi connectivity index (χ3n) is 5.14. The number of fused-ring (bicyclic) bond motifs is 1. The molecule has 2 aromatic rings. The van der Waals surface area contributed by atoms with Gasteiger partial charge >= 0.3 is 0 Å². The van der Waals surface area contributed by atoms with Crippen molar-refractivity contribution in [3.05, 3.63) is 18.2 Å². The molecule has 7 nitrogen and oxygen atoms in total. The van der Waals surface area contributed by atoms with Crippen LogP contribution >= 0.6 is 11.8 Å². The van der Waals surface area contributed by atoms with Crippen LogP contribution in [0.4, 0.5) is 0 Å². The second-order valence-corrected chi connectivity index (χ2v) is 9.56. The van der Waals surface area contributed by atoms with Crippen molar-refractivity contribution >= 4 is 38.7 Å². The second kappa shape index (κ2) is 7.81. The molecule has 1 aromatic carbocycles. The van der Waals surface area contributed by atoms with Crippen molar-refractivity contribution in [3.63, 3.8) is 0 Å². The maximum absolute atomic E-state index is 12.8. The molecular weight excluding hydrogens is 384 g/mol. The Kier molecular flexibility index (Phi) is 5.83. The largest absolute Gasteiger partial charge is 0.337 e. The Morgan fingerprint density at radius 1 is 1.30 bits per heavy atom. The fraction of sp³-hybridized carbons (Fsp3) is 0.556. The number of aromatic nitrogens is 2. The number of hydrogen-bond donors (Lipinski definition) is 1. The SMILES string of the molecule is CCn1c(SCC(=O)N2[C@@H](C)CCC[C@@H]2C)nc2cc(S(N)(=O)=O)ccc21. The van der Waals surface area contributed by atoms with Gasteiger partial charge in [-0.1, -0.05) is 11.8 Å². The van der Waals surface area contributed by atoms with E-state index in [4.69, 9.17) is 5.14 Å². The molecule has 0 spiro atoms. The topological polar surface area (TPSA) is 98.3 Å². The zero-order chi connectivity index (χ0) is 19.8. The average Bonchev–Trinajstić information content (AvgIpc) is 2.95. The van der Waals surface area contributed by atoms with E-state index in [1.165, 1.54) is 23.9 Å². The second-order valence-electron chi connectivity index (χ2n) is 7.05. The summed E-state index contributed by atoms with van der Waals surface area (Å²) < 4.78 is 25.1. The molecule has 1 saturated heterocycles. The third-order valence-corrected chi connectivity index (χ3v) is 7.01. The molecular formula is C18H26N4O3S2. The quantitative estimate of drug-likeness (QED) is 0.764. The number of piperidine rings is 1. The molecule has 1 amide bonds. The molecule has 1 aliphatic heterocycles. The molecule has 2 atom stereocenters. The lowest BCUT2D eigenvalue weighted by Crippen LogP contribution is -2.48. The lowest BCUT2D eigenvalue weighted by Gasteiger charge is -2.39. The van der Waals surface area contributed by atoms with E-state index in [-0.39, 0.29) is 22.9 Å². The van der Waals surface area contributed by atoms with Crippen LogP contribution in [0.15, 0.2) is 28.3 Å². The van der Waals surface area contributed by atoms with Gasteiger partial charge in [0, 0.05) is 18.6 Å². The fourth-order valence-corrected chi connectivity index (χ4v) is 5.28. The van der Waals surface area contributed by atoms with Crippen LogP contribution in [0.2, 0.25) is 0 Å². The Bertz CT molecular complexity index is 945. The standard InChI is InChI=1S/C18H26N4O3S2/c1-4-21-16-9-8-14(27(19,24)25)10-15(16)20-18(21)26-11-17(23)22-12(2)6-5-7-13(22)3/h8-10,12-13H,4-7,11H2,1-3H3,(H2,19,24,25)/t12-,13-/m0/s1. The van der Waals surface area contributed by atoms with Crippen LogP contribution in [0.3, 0.4) is 0 Å². The van der Waals surface area contributed by atoms with Gasteiger partial charge in [-0.3, -0.25) is 4.79 Å². The lowest BCUT2D eigenvalue weighted by atomic mass is 9.98. The predicted octanol–water partition coefficient (Wildman–Crippen LogP) is 2.59. The fourth-order valence-electron chi connectivity index (χ4n) is 3.79. The highest BCUT2D eigenvalue weighted by Gasteiger charge is 2.29. The molecule has 0 saturated carbocycles. The molecule has 27 heavy (non-hydrogen) atoms. The third kappa shape index (κ3) is 4.14. The summed E-state index contributed by atoms with van der Waals surface area (Å²) in [4.78, 5) is 19.3. The Morgan fingerprint density at radius 2 is 1.96 bits per heavy atom. The van der Waals surface area contributed by atoms with Gasteiger partial charge in [0.15, 0.2) is 5.16 Å². The Balaban J connectivity index is 1.83. The number of nitrogens with zero attached hydrogens (tertiary/aromatic N) is 3. The number of imidazole rings is 1. The number of hydrogen-bond acceptors (Lipinski definition) is 5. The van der Waals surface area contributed by atoms with Crippen LogP contribution in [0.25, 0.3) is 11.0 Å². The lowest BCUT2D eigenvalue weighted by molar-refractivity contribution is -0.134. The molecule has 0 radical (unpaired) electrons. The first kappa shape index (κ1) is 20.2. The summed E-state index contributed by atoms with van der Waals surface area (Å²) in [6.45, 7) is 6.89. The van der Waals surface area contributed by atoms with Gasteiger partial charge in [-0.2, -0.15) is 0 Å². The molecule has 1 fully saturated rings. The van der Waals surface area contributed by atoms with E-state index in [0.717, 1.165) is 24.8 Å². The number of thioether (sulfide) groups is 1. The number of benzene rings is 1. The summed E-state index contributed by atoms with van der Waals surface area (Å²) >= 11 is 1.40. The maximum Gasteiger partial charge on any atom is 0.238 e. The highest BCUT2D eigenvalue weighted by molar-refractivity contribution is 7.99. The molecule has 0 aliphatic carbocycles. The Morgan fingerprint density at radius 3 is 2.56 bits per heavy atom. The van der Waals surface area contributed by atoms with Crippen molar-refractivity contribution in [2.24, 2.45) is 5.14 Å². The number of amides is 1. The Hall–Kier alpha value is -1.58. The number of carbonyl (C=O) groups excluding carboxylic acids is 1. The van der Waals surface area contributed by atoms with E-state index in [0.29, 0.717) is 23.0 Å². The van der Waals surface area contributed by atoms with Gasteiger partial charge in [-0.05, 0) is 58.2 Å². The van der Waals surface area contributed by atoms with Crippen LogP contribution in [0.1, 0.15) is 40.0 Å². The molecule has 1 aliphatic rings. The highest BCUT2D eigenvalue weighted by atomic mass is 32.2. The molecule has 2 N–H and O–H groups in total. The minimum absolute atomic E-state index is 0.0411. The summed E-state index contributed by atoms with van der Waals surface area (Å²) in [5, 5.41) is 5.93. The van der Waals surface area contributed by atoms with Crippen molar-refractivity contribution in [1.29, 1.82) is 0 Å². The molecule has 2 heterocycles. The first-order chi connectivity index (χ1) is 12.7. The smallest absolute Gasteiger partial charge is 0.238 e. The van der Waals surface area contributed by atoms with Crippen molar-refractivity contribution in [1.82, 2.24) is 14.5 Å².